The molecule has 0 bridgehead atoms. The summed E-state index contributed by atoms with van der Waals surface area (Å²) in [7, 11) is 0. The third kappa shape index (κ3) is 63.3. The van der Waals surface area contributed by atoms with Crippen LogP contribution in [0.2, 0.25) is 0 Å². The molecule has 6 heavy (non-hydrogen) atoms. The maximum Gasteiger partial charge on any atom is 2.00 e. The summed E-state index contributed by atoms with van der Waals surface area (Å²) in [5.74, 6) is 0. The van der Waals surface area contributed by atoms with Gasteiger partial charge in [-0.2, -0.15) is 0 Å². The van der Waals surface area contributed by atoms with E-state index in [1.165, 1.54) is 0 Å². The van der Waals surface area contributed by atoms with Crippen molar-refractivity contribution in [2.24, 2.45) is 0 Å². The fourth-order valence-electron chi connectivity index (χ4n) is 0. The Balaban J connectivity index is -0.0000000450. The van der Waals surface area contributed by atoms with Crippen LogP contribution in [0.1, 0.15) is 13.8 Å². The second-order valence-electron chi connectivity index (χ2n) is 1.09. The van der Waals surface area contributed by atoms with Crippen molar-refractivity contribution in [1.82, 2.24) is 0 Å². The summed E-state index contributed by atoms with van der Waals surface area (Å²) in [6, 6.07) is 0. The van der Waals surface area contributed by atoms with E-state index in [9.17, 15) is 0 Å². The van der Waals surface area contributed by atoms with Gasteiger partial charge in [0.15, 0.2) is 0 Å². The van der Waals surface area contributed by atoms with E-state index in [1.807, 2.05) is 0 Å². The Morgan fingerprint density at radius 1 is 1.33 bits per heavy atom. The van der Waals surface area contributed by atoms with E-state index < -0.39 is 0 Å². The van der Waals surface area contributed by atoms with Gasteiger partial charge in [0.25, 0.3) is 0 Å². The summed E-state index contributed by atoms with van der Waals surface area (Å²) >= 11 is 0. The average Bonchev–Trinajstić information content (AvgIpc) is 0.811. The van der Waals surface area contributed by atoms with Crippen LogP contribution >= 0.6 is 0 Å². The van der Waals surface area contributed by atoms with Crippen molar-refractivity contribution >= 4 is 23.1 Å². The van der Waals surface area contributed by atoms with Crippen LogP contribution < -0.4 is 17.0 Å². The molecule has 0 aliphatic rings. The molecule has 0 aromatic rings. The number of aliphatic hydroxyl groups is 1. The van der Waals surface area contributed by atoms with Crippen molar-refractivity contribution in [3.05, 3.63) is 0 Å². The Morgan fingerprint density at radius 2 is 1.33 bits per heavy atom. The molecule has 0 atom stereocenters. The van der Waals surface area contributed by atoms with E-state index in [0.717, 1.165) is 0 Å². The zero-order valence-corrected chi connectivity index (χ0v) is 7.11. The normalized spacial score (nSPS) is 6.00. The molecule has 0 radical (unpaired) electrons. The number of aliphatic hydroxyl groups excluding tert-OH is 1. The smallest absolute Gasteiger partial charge is 1.00 e. The van der Waals surface area contributed by atoms with Crippen LogP contribution in [-0.2, 0) is 0 Å². The second-order valence-corrected chi connectivity index (χ2v) is 1.09. The minimum atomic E-state index is -0.167. The molecule has 0 spiro atoms. The zero-order valence-electron chi connectivity index (χ0n) is 4.11. The molecular formula is C3H8BrMgO+. The van der Waals surface area contributed by atoms with Crippen LogP contribution in [-0.4, -0.2) is 34.3 Å². The quantitative estimate of drug-likeness (QED) is 0.379. The van der Waals surface area contributed by atoms with Crippen LogP contribution in [0.25, 0.3) is 0 Å². The molecule has 1 N–H and O–H groups in total. The van der Waals surface area contributed by atoms with E-state index >= 15 is 0 Å². The summed E-state index contributed by atoms with van der Waals surface area (Å²) in [6.07, 6.45) is -0.167. The van der Waals surface area contributed by atoms with Crippen molar-refractivity contribution in [2.75, 3.05) is 0 Å². The molecule has 0 saturated carbocycles. The van der Waals surface area contributed by atoms with Gasteiger partial charge < -0.3 is 22.1 Å². The summed E-state index contributed by atoms with van der Waals surface area (Å²) < 4.78 is 0. The number of halogens is 1. The molecule has 0 heterocycles. The van der Waals surface area contributed by atoms with Crippen LogP contribution in [0.15, 0.2) is 0 Å². The summed E-state index contributed by atoms with van der Waals surface area (Å²) in [6.45, 7) is 3.44. The molecule has 1 nitrogen and oxygen atoms in total. The fourth-order valence-corrected chi connectivity index (χ4v) is 0. The standard InChI is InChI=1S/C3H8O.BrH.Mg/c1-3(2)4;;/h3-4H,1-2H3;1H;/q;;+2/p-1. The Labute approximate surface area is 65.0 Å². The van der Waals surface area contributed by atoms with E-state index in [1.54, 1.807) is 13.8 Å². The monoisotopic (exact) mass is 163 g/mol. The predicted octanol–water partition coefficient (Wildman–Crippen LogP) is -2.99. The van der Waals surface area contributed by atoms with Gasteiger partial charge in [-0.3, -0.25) is 0 Å². The maximum absolute atomic E-state index is 8.06. The summed E-state index contributed by atoms with van der Waals surface area (Å²) in [5, 5.41) is 8.06. The van der Waals surface area contributed by atoms with E-state index in [2.05, 4.69) is 0 Å². The summed E-state index contributed by atoms with van der Waals surface area (Å²) in [4.78, 5) is 0. The van der Waals surface area contributed by atoms with Gasteiger partial charge in [-0.05, 0) is 13.8 Å². The molecule has 3 heteroatoms. The SMILES string of the molecule is CC(C)O.[Br-].[Mg+2]. The number of hydrogen-bond donors (Lipinski definition) is 1. The van der Waals surface area contributed by atoms with Crippen molar-refractivity contribution in [1.29, 1.82) is 0 Å². The van der Waals surface area contributed by atoms with Gasteiger partial charge in [0.1, 0.15) is 0 Å². The minimum absolute atomic E-state index is 0. The Bertz CT molecular complexity index is 15.5. The number of hydrogen-bond acceptors (Lipinski definition) is 1. The number of rotatable bonds is 0. The van der Waals surface area contributed by atoms with Crippen molar-refractivity contribution < 1.29 is 22.1 Å². The van der Waals surface area contributed by atoms with Gasteiger partial charge >= 0.3 is 23.1 Å². The van der Waals surface area contributed by atoms with Gasteiger partial charge in [0.2, 0.25) is 0 Å². The van der Waals surface area contributed by atoms with Gasteiger partial charge in [-0.15, -0.1) is 0 Å². The first-order chi connectivity index (χ1) is 1.73. The van der Waals surface area contributed by atoms with Crippen molar-refractivity contribution in [2.45, 2.75) is 20.0 Å². The van der Waals surface area contributed by atoms with E-state index in [4.69, 9.17) is 5.11 Å². The molecule has 0 aliphatic heterocycles. The van der Waals surface area contributed by atoms with Gasteiger partial charge in [-0.25, -0.2) is 0 Å². The molecule has 0 aliphatic carbocycles. The molecule has 0 fully saturated rings. The molecule has 0 saturated heterocycles. The minimum Gasteiger partial charge on any atom is -1.00 e. The van der Waals surface area contributed by atoms with Gasteiger partial charge in [0.05, 0.1) is 0 Å². The predicted molar refractivity (Wildman–Crippen MR) is 23.1 cm³/mol. The average molecular weight is 164 g/mol. The fraction of sp³-hybridized carbons (Fsp3) is 1.00. The summed E-state index contributed by atoms with van der Waals surface area (Å²) in [5.41, 5.74) is 0. The van der Waals surface area contributed by atoms with Gasteiger partial charge in [0, 0.05) is 6.10 Å². The second kappa shape index (κ2) is 9.51. The van der Waals surface area contributed by atoms with Gasteiger partial charge in [-0.1, -0.05) is 0 Å². The largest absolute Gasteiger partial charge is 2.00 e. The van der Waals surface area contributed by atoms with E-state index in [0.29, 0.717) is 0 Å². The third-order valence-electron chi connectivity index (χ3n) is 0. The Morgan fingerprint density at radius 3 is 1.33 bits per heavy atom. The van der Waals surface area contributed by atoms with Crippen LogP contribution in [0.3, 0.4) is 0 Å². The van der Waals surface area contributed by atoms with Crippen LogP contribution in [0.5, 0.6) is 0 Å². The molecular weight excluding hydrogens is 156 g/mol. The first-order valence-corrected chi connectivity index (χ1v) is 1.41. The Hall–Kier alpha value is 1.21. The molecule has 0 aromatic carbocycles. The first kappa shape index (κ1) is 15.7. The van der Waals surface area contributed by atoms with Crippen molar-refractivity contribution in [3.63, 3.8) is 0 Å². The molecule has 0 unspecified atom stereocenters. The zero-order chi connectivity index (χ0) is 3.58. The molecule has 0 aromatic heterocycles. The maximum atomic E-state index is 8.06. The molecule has 34 valence electrons. The molecule has 0 rings (SSSR count). The third-order valence-corrected chi connectivity index (χ3v) is 0. The molecule has 0 amide bonds. The van der Waals surface area contributed by atoms with Crippen LogP contribution in [0.4, 0.5) is 0 Å². The first-order valence-electron chi connectivity index (χ1n) is 1.41. The Kier molecular flexibility index (Phi) is 24.9. The van der Waals surface area contributed by atoms with Crippen molar-refractivity contribution in [3.8, 4) is 0 Å². The topological polar surface area (TPSA) is 20.2 Å². The van der Waals surface area contributed by atoms with Crippen LogP contribution in [0, 0.1) is 0 Å². The van der Waals surface area contributed by atoms with E-state index in [-0.39, 0.29) is 46.1 Å².